The molecule has 0 fully saturated rings. The van der Waals surface area contributed by atoms with E-state index in [1.54, 1.807) is 36.4 Å². The van der Waals surface area contributed by atoms with Crippen LogP contribution in [0.15, 0.2) is 77.7 Å². The molecule has 1 unspecified atom stereocenters. The van der Waals surface area contributed by atoms with E-state index in [0.717, 1.165) is 4.31 Å². The zero-order chi connectivity index (χ0) is 23.5. The maximum atomic E-state index is 13.0. The van der Waals surface area contributed by atoms with Crippen molar-refractivity contribution in [1.82, 2.24) is 0 Å². The van der Waals surface area contributed by atoms with E-state index >= 15 is 0 Å². The summed E-state index contributed by atoms with van der Waals surface area (Å²) < 4.78 is 32.4. The van der Waals surface area contributed by atoms with Crippen LogP contribution in [0.5, 0.6) is 0 Å². The zero-order valence-corrected chi connectivity index (χ0v) is 19.5. The molecule has 0 heterocycles. The number of benzene rings is 3. The van der Waals surface area contributed by atoms with Gasteiger partial charge in [-0.3, -0.25) is 9.10 Å². The minimum absolute atomic E-state index is 0.00341. The Morgan fingerprint density at radius 3 is 2.12 bits per heavy atom. The molecule has 3 rings (SSSR count). The third kappa shape index (κ3) is 5.30. The van der Waals surface area contributed by atoms with E-state index in [4.69, 9.17) is 27.9 Å². The van der Waals surface area contributed by atoms with E-state index in [1.807, 2.05) is 0 Å². The van der Waals surface area contributed by atoms with Crippen LogP contribution < -0.4 is 4.31 Å². The Morgan fingerprint density at radius 2 is 1.47 bits per heavy atom. The monoisotopic (exact) mass is 491 g/mol. The number of esters is 1. The minimum Gasteiger partial charge on any atom is -0.451 e. The lowest BCUT2D eigenvalue weighted by atomic mass is 10.1. The smallest absolute Gasteiger partial charge is 0.338 e. The maximum Gasteiger partial charge on any atom is 0.338 e. The van der Waals surface area contributed by atoms with Crippen molar-refractivity contribution in [2.45, 2.75) is 17.9 Å². The Balaban J connectivity index is 1.80. The Hall–Kier alpha value is -2.87. The average Bonchev–Trinajstić information content (AvgIpc) is 2.78. The van der Waals surface area contributed by atoms with Crippen LogP contribution in [0.1, 0.15) is 27.6 Å². The van der Waals surface area contributed by atoms with Crippen molar-refractivity contribution in [2.75, 3.05) is 11.4 Å². The maximum absolute atomic E-state index is 13.0. The fourth-order valence-electron chi connectivity index (χ4n) is 2.91. The zero-order valence-electron chi connectivity index (χ0n) is 17.2. The van der Waals surface area contributed by atoms with Gasteiger partial charge in [0.15, 0.2) is 6.10 Å². The van der Waals surface area contributed by atoms with Crippen molar-refractivity contribution in [1.29, 1.82) is 0 Å². The van der Waals surface area contributed by atoms with Crippen molar-refractivity contribution < 1.29 is 22.7 Å². The van der Waals surface area contributed by atoms with Gasteiger partial charge in [-0.25, -0.2) is 13.2 Å². The van der Waals surface area contributed by atoms with Gasteiger partial charge >= 0.3 is 5.97 Å². The molecule has 6 nitrogen and oxygen atoms in total. The Morgan fingerprint density at radius 1 is 0.875 bits per heavy atom. The largest absolute Gasteiger partial charge is 0.451 e. The molecule has 3 aromatic carbocycles. The number of hydrogen-bond acceptors (Lipinski definition) is 5. The Kier molecular flexibility index (Phi) is 7.23. The van der Waals surface area contributed by atoms with Crippen molar-refractivity contribution in [2.24, 2.45) is 0 Å². The van der Waals surface area contributed by atoms with Gasteiger partial charge in [-0.15, -0.1) is 0 Å². The molecular weight excluding hydrogens is 473 g/mol. The quantitative estimate of drug-likeness (QED) is 0.333. The predicted octanol–water partition coefficient (Wildman–Crippen LogP) is 5.25. The average molecular weight is 492 g/mol. The highest BCUT2D eigenvalue weighted by molar-refractivity contribution is 7.92. The highest BCUT2D eigenvalue weighted by Crippen LogP contribution is 2.25. The van der Waals surface area contributed by atoms with Gasteiger partial charge < -0.3 is 4.74 Å². The third-order valence-corrected chi connectivity index (χ3v) is 6.91. The summed E-state index contributed by atoms with van der Waals surface area (Å²) in [6.45, 7) is 1.44. The van der Waals surface area contributed by atoms with Crippen LogP contribution in [0.3, 0.4) is 0 Å². The number of ketones is 1. The van der Waals surface area contributed by atoms with Crippen LogP contribution >= 0.6 is 23.2 Å². The molecule has 0 saturated carbocycles. The molecular formula is C23H19Cl2NO5S. The lowest BCUT2D eigenvalue weighted by Crippen LogP contribution is -2.27. The molecule has 9 heteroatoms. The van der Waals surface area contributed by atoms with Gasteiger partial charge in [0.05, 0.1) is 16.1 Å². The van der Waals surface area contributed by atoms with Crippen LogP contribution in [-0.4, -0.2) is 33.3 Å². The molecule has 166 valence electrons. The molecule has 0 radical (unpaired) electrons. The lowest BCUT2D eigenvalue weighted by Gasteiger charge is -2.20. The summed E-state index contributed by atoms with van der Waals surface area (Å²) in [5, 5.41) is 0.774. The van der Waals surface area contributed by atoms with Crippen LogP contribution in [0.2, 0.25) is 10.0 Å². The number of Topliss-reactive ketones (excluding diaryl/α,β-unsaturated/α-hetero) is 1. The van der Waals surface area contributed by atoms with E-state index in [1.165, 1.54) is 50.4 Å². The molecule has 0 bridgehead atoms. The van der Waals surface area contributed by atoms with E-state index in [2.05, 4.69) is 0 Å². The minimum atomic E-state index is -3.97. The van der Waals surface area contributed by atoms with Crippen molar-refractivity contribution >= 4 is 50.7 Å². The first-order valence-corrected chi connectivity index (χ1v) is 11.6. The van der Waals surface area contributed by atoms with Crippen LogP contribution in [0, 0.1) is 0 Å². The van der Waals surface area contributed by atoms with Crippen LogP contribution in [-0.2, 0) is 14.8 Å². The Bertz CT molecular complexity index is 1280. The second-order valence-corrected chi connectivity index (χ2v) is 9.74. The Labute approximate surface area is 196 Å². The van der Waals surface area contributed by atoms with Gasteiger partial charge in [0.1, 0.15) is 0 Å². The summed E-state index contributed by atoms with van der Waals surface area (Å²) in [4.78, 5) is 25.0. The molecule has 0 aliphatic carbocycles. The van der Waals surface area contributed by atoms with Crippen molar-refractivity contribution in [3.63, 3.8) is 0 Å². The molecule has 3 aromatic rings. The van der Waals surface area contributed by atoms with E-state index in [-0.39, 0.29) is 10.5 Å². The molecule has 0 amide bonds. The normalized spacial score (nSPS) is 12.1. The SMILES string of the molecule is CC(OC(=O)c1cccc(S(=O)(=O)N(C)c2cccc(Cl)c2)c1)C(=O)c1cccc(Cl)c1. The molecule has 0 aromatic heterocycles. The molecule has 0 aliphatic heterocycles. The number of ether oxygens (including phenoxy) is 1. The number of halogens is 2. The van der Waals surface area contributed by atoms with Crippen molar-refractivity contribution in [3.8, 4) is 0 Å². The standard InChI is InChI=1S/C23H19Cl2NO5S/c1-15(22(27)16-6-3-8-18(24)12-16)31-23(28)17-7-4-11-21(13-17)32(29,30)26(2)20-10-5-9-19(25)14-20/h3-15H,1-2H3. The summed E-state index contributed by atoms with van der Waals surface area (Å²) in [6.07, 6.45) is -1.09. The number of rotatable bonds is 7. The van der Waals surface area contributed by atoms with Gasteiger partial charge in [-0.1, -0.05) is 47.5 Å². The van der Waals surface area contributed by atoms with E-state index < -0.39 is 27.9 Å². The molecule has 32 heavy (non-hydrogen) atoms. The fourth-order valence-corrected chi connectivity index (χ4v) is 4.52. The number of carbonyl (C=O) groups is 2. The molecule has 0 aliphatic rings. The fraction of sp³-hybridized carbons (Fsp3) is 0.130. The summed E-state index contributed by atoms with van der Waals surface area (Å²) >= 11 is 11.9. The van der Waals surface area contributed by atoms with Gasteiger partial charge in [0, 0.05) is 22.7 Å². The van der Waals surface area contributed by atoms with E-state index in [0.29, 0.717) is 21.3 Å². The highest BCUT2D eigenvalue weighted by Gasteiger charge is 2.25. The molecule has 0 N–H and O–H groups in total. The first kappa shape index (κ1) is 23.8. The summed E-state index contributed by atoms with van der Waals surface area (Å²) in [5.41, 5.74) is 0.666. The lowest BCUT2D eigenvalue weighted by molar-refractivity contribution is 0.0318. The van der Waals surface area contributed by atoms with Gasteiger partial charge in [-0.05, 0) is 55.5 Å². The topological polar surface area (TPSA) is 80.8 Å². The number of carbonyl (C=O) groups excluding carboxylic acids is 2. The first-order chi connectivity index (χ1) is 15.1. The number of sulfonamides is 1. The number of anilines is 1. The summed E-state index contributed by atoms with van der Waals surface area (Å²) in [5.74, 6) is -1.25. The van der Waals surface area contributed by atoms with E-state index in [9.17, 15) is 18.0 Å². The van der Waals surface area contributed by atoms with Crippen LogP contribution in [0.25, 0.3) is 0 Å². The van der Waals surface area contributed by atoms with Gasteiger partial charge in [0.25, 0.3) is 10.0 Å². The second kappa shape index (κ2) is 9.73. The summed E-state index contributed by atoms with van der Waals surface area (Å²) in [6, 6.07) is 18.1. The molecule has 0 spiro atoms. The number of hydrogen-bond donors (Lipinski definition) is 0. The summed E-state index contributed by atoms with van der Waals surface area (Å²) in [7, 11) is -2.59. The predicted molar refractivity (Wildman–Crippen MR) is 124 cm³/mol. The first-order valence-electron chi connectivity index (χ1n) is 9.45. The molecule has 0 saturated heterocycles. The van der Waals surface area contributed by atoms with Crippen LogP contribution in [0.4, 0.5) is 5.69 Å². The molecule has 1 atom stereocenters. The number of nitrogens with zero attached hydrogens (tertiary/aromatic N) is 1. The van der Waals surface area contributed by atoms with Crippen molar-refractivity contribution in [3.05, 3.63) is 94.0 Å². The third-order valence-electron chi connectivity index (χ3n) is 4.66. The van der Waals surface area contributed by atoms with Gasteiger partial charge in [-0.2, -0.15) is 0 Å². The highest BCUT2D eigenvalue weighted by atomic mass is 35.5. The second-order valence-electron chi connectivity index (χ2n) is 6.90. The van der Waals surface area contributed by atoms with Gasteiger partial charge in [0.2, 0.25) is 5.78 Å².